The molecule has 0 aliphatic heterocycles. The van der Waals surface area contributed by atoms with Crippen LogP contribution in [-0.4, -0.2) is 23.4 Å². The largest absolute Gasteiger partial charge is 0.493 e. The number of benzene rings is 2. The summed E-state index contributed by atoms with van der Waals surface area (Å²) in [5, 5.41) is 6.19. The van der Waals surface area contributed by atoms with E-state index in [-0.39, 0.29) is 11.8 Å². The van der Waals surface area contributed by atoms with Crippen molar-refractivity contribution in [2.75, 3.05) is 17.2 Å². The van der Waals surface area contributed by atoms with Gasteiger partial charge in [0.05, 0.1) is 22.4 Å². The Morgan fingerprint density at radius 1 is 1.12 bits per heavy atom. The molecule has 0 saturated heterocycles. The van der Waals surface area contributed by atoms with E-state index >= 15 is 0 Å². The van der Waals surface area contributed by atoms with Gasteiger partial charge in [-0.3, -0.25) is 9.59 Å². The Bertz CT molecular complexity index is 952. The Kier molecular flexibility index (Phi) is 5.48. The zero-order valence-electron chi connectivity index (χ0n) is 14.5. The molecule has 0 saturated carbocycles. The van der Waals surface area contributed by atoms with Crippen LogP contribution in [0.3, 0.4) is 0 Å². The highest BCUT2D eigenvalue weighted by Crippen LogP contribution is 2.29. The van der Waals surface area contributed by atoms with Gasteiger partial charge in [0.2, 0.25) is 5.91 Å². The quantitative estimate of drug-likeness (QED) is 0.679. The number of nitrogens with one attached hydrogen (secondary N) is 2. The molecule has 1 heterocycles. The predicted molar refractivity (Wildman–Crippen MR) is 104 cm³/mol. The lowest BCUT2D eigenvalue weighted by atomic mass is 10.2. The van der Waals surface area contributed by atoms with Gasteiger partial charge in [0, 0.05) is 12.1 Å². The average Bonchev–Trinajstić information content (AvgIpc) is 3.03. The monoisotopic (exact) mass is 369 g/mol. The van der Waals surface area contributed by atoms with Crippen molar-refractivity contribution in [1.82, 2.24) is 4.98 Å². The SMILES string of the molecule is CCOc1ccccc1C(=O)Nc1ccc2nc(NC(=O)CC)sc2c1. The summed E-state index contributed by atoms with van der Waals surface area (Å²) in [5.74, 6) is 0.235. The minimum absolute atomic E-state index is 0.0786. The van der Waals surface area contributed by atoms with Crippen molar-refractivity contribution in [2.24, 2.45) is 0 Å². The summed E-state index contributed by atoms with van der Waals surface area (Å²) in [7, 11) is 0. The second-order valence-electron chi connectivity index (χ2n) is 5.49. The van der Waals surface area contributed by atoms with Crippen LogP contribution < -0.4 is 15.4 Å². The Morgan fingerprint density at radius 3 is 2.69 bits per heavy atom. The number of amides is 2. The van der Waals surface area contributed by atoms with Crippen LogP contribution in [0.1, 0.15) is 30.6 Å². The third-order valence-corrected chi connectivity index (χ3v) is 4.58. The maximum atomic E-state index is 12.6. The van der Waals surface area contributed by atoms with Crippen molar-refractivity contribution >= 4 is 44.2 Å². The Balaban J connectivity index is 1.80. The van der Waals surface area contributed by atoms with Gasteiger partial charge in [-0.05, 0) is 37.3 Å². The predicted octanol–water partition coefficient (Wildman–Crippen LogP) is 4.30. The van der Waals surface area contributed by atoms with E-state index in [2.05, 4.69) is 15.6 Å². The summed E-state index contributed by atoms with van der Waals surface area (Å²) in [6, 6.07) is 12.6. The number of ether oxygens (including phenoxy) is 1. The standard InChI is InChI=1S/C19H19N3O3S/c1-3-17(23)22-19-21-14-10-9-12(11-16(14)26-19)20-18(24)13-7-5-6-8-15(13)25-4-2/h5-11H,3-4H2,1-2H3,(H,20,24)(H,21,22,23). The van der Waals surface area contributed by atoms with Crippen LogP contribution in [0, 0.1) is 0 Å². The van der Waals surface area contributed by atoms with Crippen molar-refractivity contribution in [1.29, 1.82) is 0 Å². The highest BCUT2D eigenvalue weighted by molar-refractivity contribution is 7.22. The van der Waals surface area contributed by atoms with Gasteiger partial charge < -0.3 is 15.4 Å². The summed E-state index contributed by atoms with van der Waals surface area (Å²) in [4.78, 5) is 28.4. The molecule has 2 amide bonds. The summed E-state index contributed by atoms with van der Waals surface area (Å²) in [6.45, 7) is 4.15. The number of rotatable bonds is 6. The Hall–Kier alpha value is -2.93. The minimum Gasteiger partial charge on any atom is -0.493 e. The van der Waals surface area contributed by atoms with Gasteiger partial charge in [0.1, 0.15) is 5.75 Å². The Morgan fingerprint density at radius 2 is 1.92 bits per heavy atom. The fraction of sp³-hybridized carbons (Fsp3) is 0.211. The van der Waals surface area contributed by atoms with Gasteiger partial charge in [0.25, 0.3) is 5.91 Å². The molecule has 0 aliphatic carbocycles. The molecular weight excluding hydrogens is 350 g/mol. The van der Waals surface area contributed by atoms with Crippen LogP contribution in [0.2, 0.25) is 0 Å². The number of nitrogens with zero attached hydrogens (tertiary/aromatic N) is 1. The summed E-state index contributed by atoms with van der Waals surface area (Å²) < 4.78 is 6.39. The number of para-hydroxylation sites is 1. The van der Waals surface area contributed by atoms with Crippen LogP contribution in [-0.2, 0) is 4.79 Å². The fourth-order valence-electron chi connectivity index (χ4n) is 2.40. The zero-order valence-corrected chi connectivity index (χ0v) is 15.4. The second kappa shape index (κ2) is 7.97. The lowest BCUT2D eigenvalue weighted by Crippen LogP contribution is -2.13. The summed E-state index contributed by atoms with van der Waals surface area (Å²) in [5.41, 5.74) is 1.91. The van der Waals surface area contributed by atoms with Gasteiger partial charge in [-0.15, -0.1) is 0 Å². The van der Waals surface area contributed by atoms with Crippen molar-refractivity contribution in [3.05, 3.63) is 48.0 Å². The van der Waals surface area contributed by atoms with E-state index in [4.69, 9.17) is 4.74 Å². The van der Waals surface area contributed by atoms with Crippen molar-refractivity contribution in [2.45, 2.75) is 20.3 Å². The van der Waals surface area contributed by atoms with Crippen molar-refractivity contribution < 1.29 is 14.3 Å². The maximum Gasteiger partial charge on any atom is 0.259 e. The van der Waals surface area contributed by atoms with Crippen LogP contribution in [0.4, 0.5) is 10.8 Å². The van der Waals surface area contributed by atoms with E-state index in [1.165, 1.54) is 11.3 Å². The van der Waals surface area contributed by atoms with Crippen LogP contribution >= 0.6 is 11.3 Å². The van der Waals surface area contributed by atoms with Gasteiger partial charge in [-0.1, -0.05) is 30.4 Å². The smallest absolute Gasteiger partial charge is 0.259 e. The molecule has 3 rings (SSSR count). The first-order chi connectivity index (χ1) is 12.6. The van der Waals surface area contributed by atoms with E-state index in [9.17, 15) is 9.59 Å². The molecule has 26 heavy (non-hydrogen) atoms. The number of carbonyl (C=O) groups excluding carboxylic acids is 2. The molecule has 6 nitrogen and oxygen atoms in total. The number of anilines is 2. The van der Waals surface area contributed by atoms with E-state index in [0.717, 1.165) is 10.2 Å². The van der Waals surface area contributed by atoms with Gasteiger partial charge in [0.15, 0.2) is 5.13 Å². The second-order valence-corrected chi connectivity index (χ2v) is 6.52. The zero-order chi connectivity index (χ0) is 18.5. The third-order valence-electron chi connectivity index (χ3n) is 3.65. The number of aromatic nitrogens is 1. The van der Waals surface area contributed by atoms with Crippen molar-refractivity contribution in [3.8, 4) is 5.75 Å². The molecule has 0 spiro atoms. The van der Waals surface area contributed by atoms with Gasteiger partial charge in [-0.25, -0.2) is 4.98 Å². The number of thiazole rings is 1. The van der Waals surface area contributed by atoms with Crippen LogP contribution in [0.15, 0.2) is 42.5 Å². The first kappa shape index (κ1) is 17.9. The molecule has 0 atom stereocenters. The molecule has 0 bridgehead atoms. The number of hydrogen-bond acceptors (Lipinski definition) is 5. The molecule has 1 aromatic heterocycles. The summed E-state index contributed by atoms with van der Waals surface area (Å²) in [6.07, 6.45) is 0.399. The molecule has 2 aromatic carbocycles. The summed E-state index contributed by atoms with van der Waals surface area (Å²) >= 11 is 1.37. The highest BCUT2D eigenvalue weighted by atomic mass is 32.1. The van der Waals surface area contributed by atoms with E-state index < -0.39 is 0 Å². The molecular formula is C19H19N3O3S. The first-order valence-corrected chi connectivity index (χ1v) is 9.16. The molecule has 0 fully saturated rings. The lowest BCUT2D eigenvalue weighted by Gasteiger charge is -2.10. The van der Waals surface area contributed by atoms with E-state index in [0.29, 0.717) is 35.2 Å². The molecule has 134 valence electrons. The molecule has 0 radical (unpaired) electrons. The van der Waals surface area contributed by atoms with Gasteiger partial charge >= 0.3 is 0 Å². The fourth-order valence-corrected chi connectivity index (χ4v) is 3.32. The molecule has 3 aromatic rings. The number of fused-ring (bicyclic) bond motifs is 1. The molecule has 7 heteroatoms. The van der Waals surface area contributed by atoms with Gasteiger partial charge in [-0.2, -0.15) is 0 Å². The minimum atomic E-state index is -0.238. The normalized spacial score (nSPS) is 10.5. The third kappa shape index (κ3) is 4.00. The van der Waals surface area contributed by atoms with E-state index in [1.807, 2.05) is 25.1 Å². The van der Waals surface area contributed by atoms with Crippen LogP contribution in [0.5, 0.6) is 5.75 Å². The number of hydrogen-bond donors (Lipinski definition) is 2. The molecule has 0 aliphatic rings. The van der Waals surface area contributed by atoms with E-state index in [1.54, 1.807) is 31.2 Å². The molecule has 0 unspecified atom stereocenters. The Labute approximate surface area is 155 Å². The highest BCUT2D eigenvalue weighted by Gasteiger charge is 2.13. The van der Waals surface area contributed by atoms with Crippen molar-refractivity contribution in [3.63, 3.8) is 0 Å². The average molecular weight is 369 g/mol. The van der Waals surface area contributed by atoms with Crippen LogP contribution in [0.25, 0.3) is 10.2 Å². The number of carbonyl (C=O) groups is 2. The maximum absolute atomic E-state index is 12.6. The molecule has 2 N–H and O–H groups in total. The lowest BCUT2D eigenvalue weighted by molar-refractivity contribution is -0.115. The topological polar surface area (TPSA) is 80.3 Å². The first-order valence-electron chi connectivity index (χ1n) is 8.34.